The monoisotopic (exact) mass is 357 g/mol. The lowest BCUT2D eigenvalue weighted by molar-refractivity contribution is -0.121. The number of carbonyl (C=O) groups is 2. The molecule has 0 bridgehead atoms. The van der Waals surface area contributed by atoms with E-state index in [1.165, 1.54) is 24.3 Å². The zero-order chi connectivity index (χ0) is 16.5. The first-order valence-electron chi connectivity index (χ1n) is 8.16. The van der Waals surface area contributed by atoms with E-state index >= 15 is 0 Å². The van der Waals surface area contributed by atoms with Crippen LogP contribution in [0.1, 0.15) is 36.0 Å². The van der Waals surface area contributed by atoms with E-state index in [4.69, 9.17) is 0 Å². The summed E-state index contributed by atoms with van der Waals surface area (Å²) in [6.45, 7) is 3.09. The van der Waals surface area contributed by atoms with Crippen molar-refractivity contribution in [3.05, 3.63) is 35.6 Å². The van der Waals surface area contributed by atoms with Crippen LogP contribution in [0, 0.1) is 11.7 Å². The van der Waals surface area contributed by atoms with Gasteiger partial charge in [0.05, 0.1) is 0 Å². The van der Waals surface area contributed by atoms with Crippen molar-refractivity contribution in [2.75, 3.05) is 26.2 Å². The van der Waals surface area contributed by atoms with Crippen molar-refractivity contribution >= 4 is 24.2 Å². The summed E-state index contributed by atoms with van der Waals surface area (Å²) in [5.74, 6) is 0.0974. The van der Waals surface area contributed by atoms with Crippen LogP contribution >= 0.6 is 12.4 Å². The van der Waals surface area contributed by atoms with Crippen LogP contribution in [0.4, 0.5) is 4.39 Å². The van der Waals surface area contributed by atoms with Gasteiger partial charge in [-0.05, 0) is 62.5 Å². The Kier molecular flexibility index (Phi) is 9.34. The number of amides is 2. The Balaban J connectivity index is 0.00000288. The Morgan fingerprint density at radius 3 is 2.54 bits per heavy atom. The maximum absolute atomic E-state index is 12.8. The van der Waals surface area contributed by atoms with Crippen LogP contribution in [-0.2, 0) is 4.79 Å². The van der Waals surface area contributed by atoms with Crippen molar-refractivity contribution in [3.8, 4) is 0 Å². The Morgan fingerprint density at radius 2 is 1.88 bits per heavy atom. The van der Waals surface area contributed by atoms with Crippen molar-refractivity contribution in [1.82, 2.24) is 16.0 Å². The quantitative estimate of drug-likeness (QED) is 0.622. The Hall–Kier alpha value is -1.66. The van der Waals surface area contributed by atoms with Crippen LogP contribution < -0.4 is 16.0 Å². The van der Waals surface area contributed by atoms with Crippen molar-refractivity contribution in [3.63, 3.8) is 0 Å². The van der Waals surface area contributed by atoms with E-state index in [-0.39, 0.29) is 30.0 Å². The SMILES string of the molecule is Cl.O=C(CCC1CCNC1)NCCCNC(=O)c1ccc(F)cc1. The lowest BCUT2D eigenvalue weighted by atomic mass is 10.0. The van der Waals surface area contributed by atoms with Crippen molar-refractivity contribution in [2.24, 2.45) is 5.92 Å². The lowest BCUT2D eigenvalue weighted by Crippen LogP contribution is -2.30. The zero-order valence-corrected chi connectivity index (χ0v) is 14.5. The standard InChI is InChI=1S/C17H24FN3O2.ClH/c18-15-5-3-14(4-6-15)17(23)21-10-1-9-20-16(22)7-2-13-8-11-19-12-13;/h3-6,13,19H,1-2,7-12H2,(H,20,22)(H,21,23);1H. The van der Waals surface area contributed by atoms with Gasteiger partial charge in [0.2, 0.25) is 5.91 Å². The van der Waals surface area contributed by atoms with E-state index in [1.54, 1.807) is 0 Å². The fourth-order valence-corrected chi connectivity index (χ4v) is 2.61. The van der Waals surface area contributed by atoms with Gasteiger partial charge in [0.1, 0.15) is 5.82 Å². The predicted octanol–water partition coefficient (Wildman–Crippen LogP) is 1.87. The third-order valence-electron chi connectivity index (χ3n) is 4.01. The normalized spacial score (nSPS) is 16.3. The largest absolute Gasteiger partial charge is 0.356 e. The molecule has 1 unspecified atom stereocenters. The molecule has 3 N–H and O–H groups in total. The third kappa shape index (κ3) is 7.27. The fourth-order valence-electron chi connectivity index (χ4n) is 2.61. The van der Waals surface area contributed by atoms with E-state index in [1.807, 2.05) is 0 Å². The molecular formula is C17H25ClFN3O2. The molecule has 1 atom stereocenters. The van der Waals surface area contributed by atoms with Crippen LogP contribution in [0.25, 0.3) is 0 Å². The highest BCUT2D eigenvalue weighted by atomic mass is 35.5. The molecule has 2 rings (SSSR count). The first-order valence-corrected chi connectivity index (χ1v) is 8.16. The Bertz CT molecular complexity index is 519. The van der Waals surface area contributed by atoms with Crippen molar-refractivity contribution in [1.29, 1.82) is 0 Å². The molecule has 1 aromatic carbocycles. The van der Waals surface area contributed by atoms with Gasteiger partial charge in [0, 0.05) is 25.1 Å². The maximum atomic E-state index is 12.8. The molecule has 0 aromatic heterocycles. The summed E-state index contributed by atoms with van der Waals surface area (Å²) in [4.78, 5) is 23.5. The summed E-state index contributed by atoms with van der Waals surface area (Å²) in [7, 11) is 0. The zero-order valence-electron chi connectivity index (χ0n) is 13.6. The van der Waals surface area contributed by atoms with E-state index < -0.39 is 0 Å². The average molecular weight is 358 g/mol. The molecule has 5 nitrogen and oxygen atoms in total. The highest BCUT2D eigenvalue weighted by molar-refractivity contribution is 5.94. The summed E-state index contributed by atoms with van der Waals surface area (Å²) in [6.07, 6.45) is 3.32. The minimum Gasteiger partial charge on any atom is -0.356 e. The molecule has 0 aliphatic carbocycles. The Morgan fingerprint density at radius 1 is 1.17 bits per heavy atom. The topological polar surface area (TPSA) is 70.2 Å². The molecule has 7 heteroatoms. The van der Waals surface area contributed by atoms with Crippen molar-refractivity contribution in [2.45, 2.75) is 25.7 Å². The van der Waals surface area contributed by atoms with Crippen molar-refractivity contribution < 1.29 is 14.0 Å². The van der Waals surface area contributed by atoms with Crippen LogP contribution in [-0.4, -0.2) is 38.0 Å². The van der Waals surface area contributed by atoms with Crippen LogP contribution in [0.2, 0.25) is 0 Å². The van der Waals surface area contributed by atoms with Crippen LogP contribution in [0.5, 0.6) is 0 Å². The van der Waals surface area contributed by atoms with Gasteiger partial charge in [-0.25, -0.2) is 4.39 Å². The van der Waals surface area contributed by atoms with Gasteiger partial charge in [0.15, 0.2) is 0 Å². The summed E-state index contributed by atoms with van der Waals surface area (Å²) in [6, 6.07) is 5.42. The highest BCUT2D eigenvalue weighted by Gasteiger charge is 2.15. The first-order chi connectivity index (χ1) is 11.1. The second-order valence-electron chi connectivity index (χ2n) is 5.86. The number of hydrogen-bond acceptors (Lipinski definition) is 3. The summed E-state index contributed by atoms with van der Waals surface area (Å²) in [5.41, 5.74) is 0.431. The Labute approximate surface area is 148 Å². The molecule has 134 valence electrons. The predicted molar refractivity (Wildman–Crippen MR) is 93.8 cm³/mol. The van der Waals surface area contributed by atoms with Gasteiger partial charge < -0.3 is 16.0 Å². The van der Waals surface area contributed by atoms with Gasteiger partial charge in [-0.1, -0.05) is 0 Å². The summed E-state index contributed by atoms with van der Waals surface area (Å²) in [5, 5.41) is 8.91. The third-order valence-corrected chi connectivity index (χ3v) is 4.01. The molecule has 0 radical (unpaired) electrons. The second-order valence-corrected chi connectivity index (χ2v) is 5.86. The highest BCUT2D eigenvalue weighted by Crippen LogP contribution is 2.13. The van der Waals surface area contributed by atoms with E-state index in [2.05, 4.69) is 16.0 Å². The smallest absolute Gasteiger partial charge is 0.251 e. The minimum atomic E-state index is -0.363. The molecule has 1 saturated heterocycles. The molecule has 1 fully saturated rings. The average Bonchev–Trinajstić information content (AvgIpc) is 3.06. The van der Waals surface area contributed by atoms with Crippen LogP contribution in [0.15, 0.2) is 24.3 Å². The maximum Gasteiger partial charge on any atom is 0.251 e. The number of nitrogens with one attached hydrogen (secondary N) is 3. The number of rotatable bonds is 8. The number of hydrogen-bond donors (Lipinski definition) is 3. The molecule has 24 heavy (non-hydrogen) atoms. The molecule has 1 aromatic rings. The minimum absolute atomic E-state index is 0. The van der Waals surface area contributed by atoms with E-state index in [9.17, 15) is 14.0 Å². The van der Waals surface area contributed by atoms with Crippen LogP contribution in [0.3, 0.4) is 0 Å². The van der Waals surface area contributed by atoms with E-state index in [0.717, 1.165) is 25.9 Å². The van der Waals surface area contributed by atoms with Gasteiger partial charge in [-0.15, -0.1) is 12.4 Å². The van der Waals surface area contributed by atoms with Gasteiger partial charge in [-0.2, -0.15) is 0 Å². The molecule has 0 spiro atoms. The number of carbonyl (C=O) groups excluding carboxylic acids is 2. The van der Waals surface area contributed by atoms with Gasteiger partial charge >= 0.3 is 0 Å². The molecule has 1 heterocycles. The molecule has 1 aliphatic heterocycles. The lowest BCUT2D eigenvalue weighted by Gasteiger charge is -2.09. The molecule has 1 aliphatic rings. The second kappa shape index (κ2) is 11.0. The van der Waals surface area contributed by atoms with E-state index in [0.29, 0.717) is 37.4 Å². The fraction of sp³-hybridized carbons (Fsp3) is 0.529. The van der Waals surface area contributed by atoms with Gasteiger partial charge in [-0.3, -0.25) is 9.59 Å². The molecule has 2 amide bonds. The summed E-state index contributed by atoms with van der Waals surface area (Å²) >= 11 is 0. The summed E-state index contributed by atoms with van der Waals surface area (Å²) < 4.78 is 12.8. The number of benzene rings is 1. The number of halogens is 2. The van der Waals surface area contributed by atoms with Gasteiger partial charge in [0.25, 0.3) is 5.91 Å². The molecular weight excluding hydrogens is 333 g/mol. The molecule has 0 saturated carbocycles. The first kappa shape index (κ1) is 20.4.